The molecule has 0 saturated carbocycles. The first kappa shape index (κ1) is 38.3. The van der Waals surface area contributed by atoms with E-state index in [2.05, 4.69) is 9.47 Å². The first-order valence-corrected chi connectivity index (χ1v) is 9.23. The van der Waals surface area contributed by atoms with Gasteiger partial charge < -0.3 is 29.9 Å². The van der Waals surface area contributed by atoms with Gasteiger partial charge in [0.05, 0.1) is 13.2 Å². The molecule has 0 N–H and O–H groups in total. The number of carbonyl (C=O) groups excluding carboxylic acids is 2. The van der Waals surface area contributed by atoms with Crippen LogP contribution in [-0.4, -0.2) is 37.4 Å². The zero-order chi connectivity index (χ0) is 23.1. The minimum atomic E-state index is -0.565. The molecule has 2 atom stereocenters. The molecule has 0 radical (unpaired) electrons. The van der Waals surface area contributed by atoms with Crippen molar-refractivity contribution in [2.24, 2.45) is 0 Å². The van der Waals surface area contributed by atoms with Crippen molar-refractivity contribution in [1.82, 2.24) is 0 Å². The Morgan fingerprint density at radius 2 is 0.966 bits per heavy atom. The van der Waals surface area contributed by atoms with Crippen molar-refractivity contribution in [3.05, 3.63) is 23.7 Å². The number of ether oxygens (including phenoxy) is 2. The minimum absolute atomic E-state index is 0. The molecular weight excluding hydrogens is 416 g/mol. The van der Waals surface area contributed by atoms with Crippen molar-refractivity contribution in [2.75, 3.05) is 13.2 Å². The normalized spacial score (nSPS) is 12.1. The molecule has 0 aliphatic heterocycles. The van der Waals surface area contributed by atoms with Gasteiger partial charge in [-0.2, -0.15) is 0 Å². The van der Waals surface area contributed by atoms with E-state index in [1.54, 1.807) is 27.7 Å². The molecule has 0 aromatic rings. The van der Waals surface area contributed by atoms with Crippen molar-refractivity contribution in [3.63, 3.8) is 0 Å². The Morgan fingerprint density at radius 1 is 0.759 bits per heavy atom. The molecule has 0 aliphatic carbocycles. The van der Waals surface area contributed by atoms with Gasteiger partial charge in [0.25, 0.3) is 0 Å². The molecule has 0 aromatic heterocycles. The van der Waals surface area contributed by atoms with Crippen LogP contribution in [0.2, 0.25) is 0 Å². The summed E-state index contributed by atoms with van der Waals surface area (Å²) in [7, 11) is 0. The largest absolute Gasteiger partial charge is 4.00 e. The van der Waals surface area contributed by atoms with Crippen LogP contribution in [0.1, 0.15) is 68.2 Å². The van der Waals surface area contributed by atoms with Crippen LogP contribution in [0.25, 0.3) is 0 Å². The summed E-state index contributed by atoms with van der Waals surface area (Å²) >= 11 is 0. The Kier molecular flexibility index (Phi) is 38.1. The third kappa shape index (κ3) is 58.4. The molecule has 0 spiro atoms. The average Bonchev–Trinajstić information content (AvgIpc) is 2.55. The maximum absolute atomic E-state index is 10.4. The molecule has 2 unspecified atom stereocenters. The molecule has 8 nitrogen and oxygen atoms in total. The third-order valence-corrected chi connectivity index (χ3v) is 2.37. The number of hydrogen-bond acceptors (Lipinski definition) is 8. The van der Waals surface area contributed by atoms with Gasteiger partial charge in [-0.3, -0.25) is 0 Å². The van der Waals surface area contributed by atoms with Crippen LogP contribution in [0.5, 0.6) is 0 Å². The summed E-state index contributed by atoms with van der Waals surface area (Å²) in [6.45, 7) is 13.7. The van der Waals surface area contributed by atoms with Crippen LogP contribution in [0.15, 0.2) is 23.7 Å². The van der Waals surface area contributed by atoms with Gasteiger partial charge in [0.2, 0.25) is 0 Å². The van der Waals surface area contributed by atoms with Gasteiger partial charge in [0.15, 0.2) is 0 Å². The van der Waals surface area contributed by atoms with Crippen LogP contribution in [0.3, 0.4) is 0 Å². The van der Waals surface area contributed by atoms with Gasteiger partial charge in [-0.1, -0.05) is 54.4 Å². The van der Waals surface area contributed by atoms with Crippen LogP contribution >= 0.6 is 0 Å². The molecule has 0 saturated heterocycles. The molecule has 0 aromatic carbocycles. The van der Waals surface area contributed by atoms with Gasteiger partial charge in [-0.05, 0) is 13.8 Å². The summed E-state index contributed by atoms with van der Waals surface area (Å²) in [6.07, 6.45) is 2.61. The molecule has 29 heavy (non-hydrogen) atoms. The van der Waals surface area contributed by atoms with Crippen LogP contribution < -0.4 is 20.4 Å². The van der Waals surface area contributed by atoms with Crippen molar-refractivity contribution >= 4 is 11.9 Å². The molecule has 9 heteroatoms. The van der Waals surface area contributed by atoms with E-state index in [-0.39, 0.29) is 45.4 Å². The van der Waals surface area contributed by atoms with Gasteiger partial charge in [-0.25, -0.2) is 9.59 Å². The smallest absolute Gasteiger partial charge is 0.875 e. The first-order valence-electron chi connectivity index (χ1n) is 9.23. The van der Waals surface area contributed by atoms with Gasteiger partial charge in [-0.15, -0.1) is 23.7 Å². The van der Waals surface area contributed by atoms with E-state index >= 15 is 0 Å². The number of hydrogen-bond donors (Lipinski definition) is 0. The van der Waals surface area contributed by atoms with E-state index in [0.717, 1.165) is 25.0 Å². The maximum atomic E-state index is 10.4. The summed E-state index contributed by atoms with van der Waals surface area (Å²) in [4.78, 5) is 20.7. The number of rotatable bonds is 6. The molecular formula is C20H36O8Ti. The molecule has 0 amide bonds. The number of esters is 2. The average molecular weight is 452 g/mol. The summed E-state index contributed by atoms with van der Waals surface area (Å²) in [5.74, 6) is -1.70. The van der Waals surface area contributed by atoms with E-state index in [0.29, 0.717) is 13.2 Å². The van der Waals surface area contributed by atoms with Crippen molar-refractivity contribution in [1.29, 1.82) is 0 Å². The molecule has 0 bridgehead atoms. The first-order chi connectivity index (χ1) is 12.9. The Bertz CT molecular complexity index is 384. The standard InChI is InChI=1S/2C6H10O3.2C4H9O.Ti/c2*1-3-9-6(8)4-5(2)7;2*1-3-4(2)5;/h2*4,7H,3H2,1-2H3;2*4H,3H2,1-2H3;/q;;2*-1;+4/p-2/b2*5-4-;;;. The van der Waals surface area contributed by atoms with Crippen LogP contribution in [-0.2, 0) is 40.8 Å². The second-order valence-electron chi connectivity index (χ2n) is 5.45. The fourth-order valence-electron chi connectivity index (χ4n) is 0.700. The molecule has 0 aliphatic rings. The summed E-state index contributed by atoms with van der Waals surface area (Å²) < 4.78 is 8.87. The monoisotopic (exact) mass is 452 g/mol. The summed E-state index contributed by atoms with van der Waals surface area (Å²) in [6, 6.07) is 0. The predicted octanol–water partition coefficient (Wildman–Crippen LogP) is -0.0849. The molecule has 0 heterocycles. The zero-order valence-corrected chi connectivity index (χ0v) is 20.5. The Hall–Kier alpha value is -1.35. The van der Waals surface area contributed by atoms with E-state index in [9.17, 15) is 30.0 Å². The Labute approximate surface area is 190 Å². The predicted molar refractivity (Wildman–Crippen MR) is 100 cm³/mol. The topological polar surface area (TPSA) is 145 Å². The van der Waals surface area contributed by atoms with E-state index in [4.69, 9.17) is 0 Å². The summed E-state index contributed by atoms with van der Waals surface area (Å²) in [5.41, 5.74) is 0. The number of allylic oxidation sites excluding steroid dienone is 2. The SMILES string of the molecule is CCC(C)[O-].CCC(C)[O-].CCOC(=O)/C=C(/C)[O-].CCOC(=O)/C=C(/C)[O-].[Ti+4]. The minimum Gasteiger partial charge on any atom is -0.875 e. The zero-order valence-electron chi connectivity index (χ0n) is 18.9. The fraction of sp³-hybridized carbons (Fsp3) is 0.700. The van der Waals surface area contributed by atoms with E-state index < -0.39 is 11.9 Å². The third-order valence-electron chi connectivity index (χ3n) is 2.37. The second-order valence-corrected chi connectivity index (χ2v) is 5.45. The number of carbonyl (C=O) groups is 2. The van der Waals surface area contributed by atoms with Crippen molar-refractivity contribution in [3.8, 4) is 0 Å². The molecule has 0 rings (SSSR count). The Morgan fingerprint density at radius 3 is 1.07 bits per heavy atom. The van der Waals surface area contributed by atoms with E-state index in [1.807, 2.05) is 13.8 Å². The van der Waals surface area contributed by atoms with Gasteiger partial charge in [0, 0.05) is 12.2 Å². The van der Waals surface area contributed by atoms with Gasteiger partial charge >= 0.3 is 33.7 Å². The van der Waals surface area contributed by atoms with Crippen LogP contribution in [0, 0.1) is 0 Å². The van der Waals surface area contributed by atoms with Gasteiger partial charge in [0.1, 0.15) is 0 Å². The fourth-order valence-corrected chi connectivity index (χ4v) is 0.700. The van der Waals surface area contributed by atoms with E-state index in [1.165, 1.54) is 13.8 Å². The maximum Gasteiger partial charge on any atom is 4.00 e. The van der Waals surface area contributed by atoms with Crippen LogP contribution in [0.4, 0.5) is 0 Å². The second kappa shape index (κ2) is 28.9. The quantitative estimate of drug-likeness (QED) is 0.235. The Balaban J connectivity index is -0.0000000907. The molecule has 0 fully saturated rings. The van der Waals surface area contributed by atoms with Crippen molar-refractivity contribution < 1.29 is 61.2 Å². The summed E-state index contributed by atoms with van der Waals surface area (Å²) in [5, 5.41) is 40.1. The van der Waals surface area contributed by atoms with Crippen molar-refractivity contribution in [2.45, 2.75) is 80.4 Å². The molecule has 168 valence electrons.